The predicted molar refractivity (Wildman–Crippen MR) is 81.5 cm³/mol. The summed E-state index contributed by atoms with van der Waals surface area (Å²) in [4.78, 5) is 18.1. The number of nitrogens with zero attached hydrogens (tertiary/aromatic N) is 2. The molecule has 2 atom stereocenters. The van der Waals surface area contributed by atoms with E-state index in [-0.39, 0.29) is 30.0 Å². The summed E-state index contributed by atoms with van der Waals surface area (Å²) >= 11 is 0. The van der Waals surface area contributed by atoms with Crippen LogP contribution < -0.4 is 4.74 Å². The predicted octanol–water partition coefficient (Wildman–Crippen LogP) is 2.32. The summed E-state index contributed by atoms with van der Waals surface area (Å²) in [6, 6.07) is 5.45. The molecule has 1 aliphatic rings. The molecule has 1 aliphatic heterocycles. The van der Waals surface area contributed by atoms with Gasteiger partial charge in [0.1, 0.15) is 17.2 Å². The number of aliphatic hydroxyl groups is 1. The quantitative estimate of drug-likeness (QED) is 0.936. The molecule has 0 radical (unpaired) electrons. The zero-order chi connectivity index (χ0) is 17.3. The van der Waals surface area contributed by atoms with Gasteiger partial charge in [-0.25, -0.2) is 13.8 Å². The van der Waals surface area contributed by atoms with Crippen LogP contribution in [0.3, 0.4) is 0 Å². The molecule has 3 rings (SSSR count). The Labute approximate surface area is 137 Å². The summed E-state index contributed by atoms with van der Waals surface area (Å²) in [5.41, 5.74) is 0.249. The molecule has 1 amide bonds. The number of ether oxygens (including phenoxy) is 1. The maximum absolute atomic E-state index is 14.1. The van der Waals surface area contributed by atoms with Crippen molar-refractivity contribution in [3.05, 3.63) is 59.3 Å². The number of pyridine rings is 1. The van der Waals surface area contributed by atoms with E-state index in [1.165, 1.54) is 24.3 Å². The Balaban J connectivity index is 1.99. The zero-order valence-corrected chi connectivity index (χ0v) is 12.9. The van der Waals surface area contributed by atoms with Gasteiger partial charge in [0.15, 0.2) is 0 Å². The second kappa shape index (κ2) is 6.52. The maximum Gasteiger partial charge on any atom is 0.259 e. The number of methoxy groups -OCH3 is 1. The molecular weight excluding hydrogens is 318 g/mol. The Hall–Kier alpha value is -2.54. The zero-order valence-electron chi connectivity index (χ0n) is 12.9. The molecule has 1 fully saturated rings. The number of aromatic nitrogens is 1. The van der Waals surface area contributed by atoms with Gasteiger partial charge in [0.05, 0.1) is 19.3 Å². The fraction of sp³-hybridized carbons (Fsp3) is 0.294. The highest BCUT2D eigenvalue weighted by Gasteiger charge is 2.38. The van der Waals surface area contributed by atoms with Crippen molar-refractivity contribution < 1.29 is 23.4 Å². The average Bonchev–Trinajstić information content (AvgIpc) is 2.98. The van der Waals surface area contributed by atoms with Crippen molar-refractivity contribution in [1.29, 1.82) is 0 Å². The van der Waals surface area contributed by atoms with Crippen LogP contribution in [-0.2, 0) is 0 Å². The van der Waals surface area contributed by atoms with Gasteiger partial charge in [-0.15, -0.1) is 0 Å². The van der Waals surface area contributed by atoms with Crippen LogP contribution >= 0.6 is 0 Å². The number of benzene rings is 1. The lowest BCUT2D eigenvalue weighted by atomic mass is 10.0. The van der Waals surface area contributed by atoms with Crippen LogP contribution in [0.25, 0.3) is 0 Å². The van der Waals surface area contributed by atoms with Crippen LogP contribution in [0.5, 0.6) is 5.88 Å². The lowest BCUT2D eigenvalue weighted by Crippen LogP contribution is -2.32. The fourth-order valence-electron chi connectivity index (χ4n) is 2.97. The van der Waals surface area contributed by atoms with E-state index in [1.54, 1.807) is 6.07 Å². The number of β-amino-alcohol motifs (C(OH)–C–C–N with tert-alkyl or cyclic N) is 1. The molecule has 2 heterocycles. The number of rotatable bonds is 3. The van der Waals surface area contributed by atoms with Gasteiger partial charge >= 0.3 is 0 Å². The van der Waals surface area contributed by atoms with Crippen LogP contribution in [0, 0.1) is 11.6 Å². The monoisotopic (exact) mass is 334 g/mol. The summed E-state index contributed by atoms with van der Waals surface area (Å²) < 4.78 is 32.7. The number of amides is 1. The Kier molecular flexibility index (Phi) is 4.44. The number of aliphatic hydroxyl groups excluding tert-OH is 1. The number of hydrogen-bond donors (Lipinski definition) is 1. The first-order chi connectivity index (χ1) is 11.5. The highest BCUT2D eigenvalue weighted by molar-refractivity contribution is 5.96. The third kappa shape index (κ3) is 2.94. The standard InChI is InChI=1S/C17H16F2N2O3/c1-24-16-12(3-2-6-20-16)17(23)21-9-11(22)8-15(21)13-7-10(18)4-5-14(13)19/h2-7,11,15,22H,8-9H2,1H3. The minimum Gasteiger partial charge on any atom is -0.480 e. The molecule has 0 aliphatic carbocycles. The molecule has 1 aromatic carbocycles. The van der Waals surface area contributed by atoms with E-state index in [9.17, 15) is 18.7 Å². The summed E-state index contributed by atoms with van der Waals surface area (Å²) in [5.74, 6) is -1.53. The molecule has 24 heavy (non-hydrogen) atoms. The van der Waals surface area contributed by atoms with Crippen molar-refractivity contribution in [3.8, 4) is 5.88 Å². The lowest BCUT2D eigenvalue weighted by molar-refractivity contribution is 0.0709. The van der Waals surface area contributed by atoms with Crippen LogP contribution in [0.2, 0.25) is 0 Å². The minimum absolute atomic E-state index is 0.0253. The number of carbonyl (C=O) groups is 1. The Morgan fingerprint density at radius 2 is 2.17 bits per heavy atom. The van der Waals surface area contributed by atoms with Crippen molar-refractivity contribution in [3.63, 3.8) is 0 Å². The fourth-order valence-corrected chi connectivity index (χ4v) is 2.97. The molecular formula is C17H16F2N2O3. The van der Waals surface area contributed by atoms with Crippen molar-refractivity contribution in [1.82, 2.24) is 9.88 Å². The lowest BCUT2D eigenvalue weighted by Gasteiger charge is -2.25. The van der Waals surface area contributed by atoms with E-state index in [1.807, 2.05) is 0 Å². The first kappa shape index (κ1) is 16.3. The van der Waals surface area contributed by atoms with Gasteiger partial charge in [0.2, 0.25) is 5.88 Å². The van der Waals surface area contributed by atoms with Crippen LogP contribution in [0.15, 0.2) is 36.5 Å². The summed E-state index contributed by atoms with van der Waals surface area (Å²) in [6.07, 6.45) is 0.802. The molecule has 1 saturated heterocycles. The van der Waals surface area contributed by atoms with Gasteiger partial charge in [-0.05, 0) is 36.8 Å². The highest BCUT2D eigenvalue weighted by Crippen LogP contribution is 2.35. The summed E-state index contributed by atoms with van der Waals surface area (Å²) in [5, 5.41) is 9.96. The minimum atomic E-state index is -0.815. The van der Waals surface area contributed by atoms with E-state index in [4.69, 9.17) is 4.74 Å². The van der Waals surface area contributed by atoms with Crippen LogP contribution in [-0.4, -0.2) is 40.7 Å². The maximum atomic E-state index is 14.1. The molecule has 5 nitrogen and oxygen atoms in total. The molecule has 0 spiro atoms. The molecule has 126 valence electrons. The van der Waals surface area contributed by atoms with E-state index >= 15 is 0 Å². The second-order valence-electron chi connectivity index (χ2n) is 5.59. The Morgan fingerprint density at radius 3 is 2.92 bits per heavy atom. The van der Waals surface area contributed by atoms with E-state index in [2.05, 4.69) is 4.98 Å². The average molecular weight is 334 g/mol. The number of hydrogen-bond acceptors (Lipinski definition) is 4. The van der Waals surface area contributed by atoms with Gasteiger partial charge in [-0.2, -0.15) is 0 Å². The van der Waals surface area contributed by atoms with Crippen molar-refractivity contribution >= 4 is 5.91 Å². The molecule has 0 bridgehead atoms. The molecule has 2 unspecified atom stereocenters. The van der Waals surface area contributed by atoms with E-state index in [0.29, 0.717) is 0 Å². The number of carbonyl (C=O) groups excluding carboxylic acids is 1. The molecule has 1 N–H and O–H groups in total. The van der Waals surface area contributed by atoms with E-state index in [0.717, 1.165) is 18.2 Å². The van der Waals surface area contributed by atoms with Gasteiger partial charge in [0, 0.05) is 18.3 Å². The third-order valence-electron chi connectivity index (χ3n) is 4.05. The van der Waals surface area contributed by atoms with Crippen molar-refractivity contribution in [2.75, 3.05) is 13.7 Å². The Bertz CT molecular complexity index is 769. The summed E-state index contributed by atoms with van der Waals surface area (Å²) in [6.45, 7) is 0.0253. The molecule has 2 aromatic rings. The SMILES string of the molecule is COc1ncccc1C(=O)N1CC(O)CC1c1cc(F)ccc1F. The largest absolute Gasteiger partial charge is 0.480 e. The normalized spacial score (nSPS) is 20.2. The number of halogens is 2. The van der Waals surface area contributed by atoms with E-state index < -0.39 is 29.7 Å². The van der Waals surface area contributed by atoms with Gasteiger partial charge in [-0.3, -0.25) is 4.79 Å². The third-order valence-corrected chi connectivity index (χ3v) is 4.05. The highest BCUT2D eigenvalue weighted by atomic mass is 19.1. The van der Waals surface area contributed by atoms with Crippen LogP contribution in [0.1, 0.15) is 28.4 Å². The van der Waals surface area contributed by atoms with Gasteiger partial charge in [0.25, 0.3) is 5.91 Å². The second-order valence-corrected chi connectivity index (χ2v) is 5.59. The molecule has 0 saturated carbocycles. The van der Waals surface area contributed by atoms with Gasteiger partial charge < -0.3 is 14.7 Å². The van der Waals surface area contributed by atoms with Crippen molar-refractivity contribution in [2.24, 2.45) is 0 Å². The van der Waals surface area contributed by atoms with Gasteiger partial charge in [-0.1, -0.05) is 0 Å². The van der Waals surface area contributed by atoms with Crippen molar-refractivity contribution in [2.45, 2.75) is 18.6 Å². The summed E-state index contributed by atoms with van der Waals surface area (Å²) in [7, 11) is 1.39. The topological polar surface area (TPSA) is 62.7 Å². The molecule has 1 aromatic heterocycles. The smallest absolute Gasteiger partial charge is 0.259 e. The number of likely N-dealkylation sites (tertiary alicyclic amines) is 1. The first-order valence-electron chi connectivity index (χ1n) is 7.44. The molecule has 7 heteroatoms. The Morgan fingerprint density at radius 1 is 1.38 bits per heavy atom. The van der Waals surface area contributed by atoms with Crippen LogP contribution in [0.4, 0.5) is 8.78 Å². The first-order valence-corrected chi connectivity index (χ1v) is 7.44.